The number of hydrogen-bond acceptors (Lipinski definition) is 3. The van der Waals surface area contributed by atoms with Crippen molar-refractivity contribution in [2.45, 2.75) is 18.6 Å². The highest BCUT2D eigenvalue weighted by molar-refractivity contribution is 6.02. The summed E-state index contributed by atoms with van der Waals surface area (Å²) < 4.78 is 43.0. The van der Waals surface area contributed by atoms with Crippen LogP contribution in [0.3, 0.4) is 0 Å². The number of amides is 1. The predicted octanol–water partition coefficient (Wildman–Crippen LogP) is 3.59. The number of alkyl halides is 3. The van der Waals surface area contributed by atoms with Crippen LogP contribution < -0.4 is 5.32 Å². The van der Waals surface area contributed by atoms with E-state index in [9.17, 15) is 27.9 Å². The molecule has 5 nitrogen and oxygen atoms in total. The third-order valence-electron chi connectivity index (χ3n) is 3.91. The molecule has 0 saturated carbocycles. The fraction of sp³-hybridized carbons (Fsp3) is 0.263. The van der Waals surface area contributed by atoms with Gasteiger partial charge in [0.15, 0.2) is 0 Å². The summed E-state index contributed by atoms with van der Waals surface area (Å²) in [5.74, 6) is -1.83. The fourth-order valence-corrected chi connectivity index (χ4v) is 2.50. The molecule has 0 heterocycles. The van der Waals surface area contributed by atoms with E-state index in [0.29, 0.717) is 11.1 Å². The maximum Gasteiger partial charge on any atom is 0.416 e. The zero-order chi connectivity index (χ0) is 20.0. The molecule has 0 aliphatic rings. The molecule has 0 saturated heterocycles. The van der Waals surface area contributed by atoms with Gasteiger partial charge in [-0.05, 0) is 29.3 Å². The van der Waals surface area contributed by atoms with Crippen LogP contribution in [0.4, 0.5) is 13.2 Å². The number of benzene rings is 2. The van der Waals surface area contributed by atoms with Crippen molar-refractivity contribution in [2.75, 3.05) is 13.7 Å². The van der Waals surface area contributed by atoms with Crippen LogP contribution in [-0.4, -0.2) is 36.7 Å². The summed E-state index contributed by atoms with van der Waals surface area (Å²) in [6, 6.07) is 9.57. The zero-order valence-electron chi connectivity index (χ0n) is 14.4. The number of halogens is 3. The summed E-state index contributed by atoms with van der Waals surface area (Å²) in [6.45, 7) is 0.151. The van der Waals surface area contributed by atoms with Crippen molar-refractivity contribution in [2.24, 2.45) is 0 Å². The van der Waals surface area contributed by atoms with Gasteiger partial charge in [0, 0.05) is 25.7 Å². The average Bonchev–Trinajstić information content (AvgIpc) is 2.64. The molecule has 2 aromatic rings. The van der Waals surface area contributed by atoms with Gasteiger partial charge in [0.1, 0.15) is 6.04 Å². The van der Waals surface area contributed by atoms with E-state index in [1.165, 1.54) is 25.3 Å². The van der Waals surface area contributed by atoms with Crippen molar-refractivity contribution in [3.8, 4) is 11.1 Å². The third kappa shape index (κ3) is 5.30. The third-order valence-corrected chi connectivity index (χ3v) is 3.91. The first-order chi connectivity index (χ1) is 12.7. The number of aliphatic carboxylic acids is 1. The summed E-state index contributed by atoms with van der Waals surface area (Å²) in [4.78, 5) is 23.8. The van der Waals surface area contributed by atoms with Crippen molar-refractivity contribution >= 4 is 11.9 Å². The highest BCUT2D eigenvalue weighted by atomic mass is 19.4. The second-order valence-electron chi connectivity index (χ2n) is 5.77. The highest BCUT2D eigenvalue weighted by Crippen LogP contribution is 2.31. The molecule has 0 bridgehead atoms. The van der Waals surface area contributed by atoms with Crippen molar-refractivity contribution in [3.63, 3.8) is 0 Å². The van der Waals surface area contributed by atoms with E-state index in [1.54, 1.807) is 18.2 Å². The van der Waals surface area contributed by atoms with E-state index in [1.807, 2.05) is 0 Å². The van der Waals surface area contributed by atoms with E-state index in [0.717, 1.165) is 12.1 Å². The minimum absolute atomic E-state index is 0.0834. The Balaban J connectivity index is 2.29. The molecule has 1 atom stereocenters. The van der Waals surface area contributed by atoms with Gasteiger partial charge in [0.05, 0.1) is 5.56 Å². The molecule has 2 N–H and O–H groups in total. The lowest BCUT2D eigenvalue weighted by atomic mass is 9.98. The van der Waals surface area contributed by atoms with Crippen LogP contribution in [0.5, 0.6) is 0 Å². The zero-order valence-corrected chi connectivity index (χ0v) is 14.4. The topological polar surface area (TPSA) is 75.6 Å². The minimum Gasteiger partial charge on any atom is -0.480 e. The van der Waals surface area contributed by atoms with Crippen LogP contribution >= 0.6 is 0 Å². The molecule has 2 aromatic carbocycles. The molecular weight excluding hydrogens is 363 g/mol. The summed E-state index contributed by atoms with van der Waals surface area (Å²) in [5.41, 5.74) is 0.191. The maximum atomic E-state index is 12.7. The number of hydrogen-bond donors (Lipinski definition) is 2. The van der Waals surface area contributed by atoms with Gasteiger partial charge in [-0.15, -0.1) is 0 Å². The Hall–Kier alpha value is -2.87. The molecule has 0 radical (unpaired) electrons. The molecular formula is C19H18F3NO4. The van der Waals surface area contributed by atoms with Crippen molar-refractivity contribution in [1.82, 2.24) is 5.32 Å². The molecule has 144 valence electrons. The van der Waals surface area contributed by atoms with Gasteiger partial charge in [0.2, 0.25) is 0 Å². The fourth-order valence-electron chi connectivity index (χ4n) is 2.50. The molecule has 1 amide bonds. The second kappa shape index (κ2) is 8.68. The van der Waals surface area contributed by atoms with E-state index in [2.05, 4.69) is 5.32 Å². The van der Waals surface area contributed by atoms with Crippen LogP contribution in [-0.2, 0) is 15.7 Å². The van der Waals surface area contributed by atoms with E-state index in [-0.39, 0.29) is 18.6 Å². The number of nitrogens with one attached hydrogen (secondary N) is 1. The monoisotopic (exact) mass is 381 g/mol. The number of carboxylic acids is 1. The van der Waals surface area contributed by atoms with Crippen molar-refractivity contribution in [3.05, 3.63) is 59.7 Å². The highest BCUT2D eigenvalue weighted by Gasteiger charge is 2.30. The number of carbonyl (C=O) groups is 2. The number of methoxy groups -OCH3 is 1. The quantitative estimate of drug-likeness (QED) is 0.769. The summed E-state index contributed by atoms with van der Waals surface area (Å²) in [7, 11) is 1.42. The Labute approximate surface area is 153 Å². The predicted molar refractivity (Wildman–Crippen MR) is 92.3 cm³/mol. The Kier molecular flexibility index (Phi) is 6.57. The Morgan fingerprint density at radius 2 is 1.74 bits per heavy atom. The number of rotatable bonds is 7. The van der Waals surface area contributed by atoms with Crippen LogP contribution in [0.2, 0.25) is 0 Å². The smallest absolute Gasteiger partial charge is 0.416 e. The first-order valence-electron chi connectivity index (χ1n) is 8.03. The van der Waals surface area contributed by atoms with Crippen LogP contribution in [0, 0.1) is 0 Å². The molecule has 0 fully saturated rings. The SMILES string of the molecule is COCCC(NC(=O)c1ccccc1-c1ccc(C(F)(F)F)cc1)C(=O)O. The van der Waals surface area contributed by atoms with Gasteiger partial charge in [-0.1, -0.05) is 30.3 Å². The Morgan fingerprint density at radius 3 is 2.30 bits per heavy atom. The molecule has 1 unspecified atom stereocenters. The van der Waals surface area contributed by atoms with Gasteiger partial charge in [-0.25, -0.2) is 4.79 Å². The molecule has 2 rings (SSSR count). The van der Waals surface area contributed by atoms with Gasteiger partial charge in [0.25, 0.3) is 5.91 Å². The Bertz CT molecular complexity index is 803. The summed E-state index contributed by atoms with van der Waals surface area (Å²) in [6.07, 6.45) is -4.37. The Morgan fingerprint density at radius 1 is 1.11 bits per heavy atom. The van der Waals surface area contributed by atoms with Crippen LogP contribution in [0.1, 0.15) is 22.3 Å². The second-order valence-corrected chi connectivity index (χ2v) is 5.77. The largest absolute Gasteiger partial charge is 0.480 e. The lowest BCUT2D eigenvalue weighted by Crippen LogP contribution is -2.41. The standard InChI is InChI=1S/C19H18F3NO4/c1-27-11-10-16(18(25)26)23-17(24)15-5-3-2-4-14(15)12-6-8-13(9-7-12)19(20,21)22/h2-9,16H,10-11H2,1H3,(H,23,24)(H,25,26). The van der Waals surface area contributed by atoms with Gasteiger partial charge >= 0.3 is 12.1 Å². The maximum absolute atomic E-state index is 12.7. The number of carbonyl (C=O) groups excluding carboxylic acids is 1. The first kappa shape index (κ1) is 20.4. The number of ether oxygens (including phenoxy) is 1. The van der Waals surface area contributed by atoms with E-state index in [4.69, 9.17) is 4.74 Å². The van der Waals surface area contributed by atoms with Gasteiger partial charge in [-0.3, -0.25) is 4.79 Å². The lowest BCUT2D eigenvalue weighted by molar-refractivity contribution is -0.140. The molecule has 27 heavy (non-hydrogen) atoms. The molecule has 0 aliphatic carbocycles. The van der Waals surface area contributed by atoms with E-state index < -0.39 is 29.7 Å². The first-order valence-corrected chi connectivity index (χ1v) is 8.03. The lowest BCUT2D eigenvalue weighted by Gasteiger charge is -2.16. The average molecular weight is 381 g/mol. The molecule has 8 heteroatoms. The number of carboxylic acid groups (broad SMARTS) is 1. The molecule has 0 spiro atoms. The summed E-state index contributed by atoms with van der Waals surface area (Å²) >= 11 is 0. The van der Waals surface area contributed by atoms with E-state index >= 15 is 0 Å². The van der Waals surface area contributed by atoms with Crippen molar-refractivity contribution in [1.29, 1.82) is 0 Å². The molecule has 0 aromatic heterocycles. The van der Waals surface area contributed by atoms with Crippen LogP contribution in [0.15, 0.2) is 48.5 Å². The molecule has 0 aliphatic heterocycles. The van der Waals surface area contributed by atoms with Crippen molar-refractivity contribution < 1.29 is 32.6 Å². The van der Waals surface area contributed by atoms with Crippen LogP contribution in [0.25, 0.3) is 11.1 Å². The summed E-state index contributed by atoms with van der Waals surface area (Å²) in [5, 5.41) is 11.6. The normalized spacial score (nSPS) is 12.4. The van der Waals surface area contributed by atoms with Gasteiger partial charge in [-0.2, -0.15) is 13.2 Å². The minimum atomic E-state index is -4.45. The van der Waals surface area contributed by atoms with Gasteiger partial charge < -0.3 is 15.2 Å².